The maximum atomic E-state index is 10.7. The summed E-state index contributed by atoms with van der Waals surface area (Å²) >= 11 is 0. The van der Waals surface area contributed by atoms with Crippen LogP contribution in [0.1, 0.15) is 13.3 Å². The van der Waals surface area contributed by atoms with Gasteiger partial charge in [-0.25, -0.2) is 0 Å². The summed E-state index contributed by atoms with van der Waals surface area (Å²) in [6, 6.07) is 1.71. The smallest absolute Gasteiger partial charge is 0.320 e. The maximum absolute atomic E-state index is 10.7. The Morgan fingerprint density at radius 3 is 2.06 bits per heavy atom. The highest BCUT2D eigenvalue weighted by Crippen LogP contribution is 1.86. The Morgan fingerprint density at radius 1 is 1.00 bits per heavy atom. The van der Waals surface area contributed by atoms with Crippen molar-refractivity contribution in [1.82, 2.24) is 0 Å². The van der Waals surface area contributed by atoms with E-state index in [-0.39, 0.29) is 13.0 Å². The van der Waals surface area contributed by atoms with Gasteiger partial charge in [0.05, 0.1) is 39.1 Å². The molecule has 0 unspecified atom stereocenters. The van der Waals surface area contributed by atoms with Crippen LogP contribution in [0.5, 0.6) is 0 Å². The van der Waals surface area contributed by atoms with Crippen molar-refractivity contribution in [2.45, 2.75) is 13.3 Å². The van der Waals surface area contributed by atoms with E-state index in [2.05, 4.69) is 0 Å². The lowest BCUT2D eigenvalue weighted by atomic mass is 10.5. The SMILES string of the molecule is CCOCCOCCOCCOC(=O)CC#N. The molecule has 0 aliphatic heterocycles. The van der Waals surface area contributed by atoms with Crippen LogP contribution < -0.4 is 0 Å². The van der Waals surface area contributed by atoms with E-state index in [4.69, 9.17) is 24.2 Å². The molecule has 0 aromatic rings. The van der Waals surface area contributed by atoms with Gasteiger partial charge < -0.3 is 18.9 Å². The summed E-state index contributed by atoms with van der Waals surface area (Å²) < 4.78 is 20.1. The van der Waals surface area contributed by atoms with Gasteiger partial charge in [-0.15, -0.1) is 0 Å². The van der Waals surface area contributed by atoms with Crippen LogP contribution in [0.15, 0.2) is 0 Å². The van der Waals surface area contributed by atoms with Gasteiger partial charge in [-0.2, -0.15) is 5.26 Å². The molecule has 0 aliphatic rings. The quantitative estimate of drug-likeness (QED) is 0.390. The molecule has 0 N–H and O–H groups in total. The second kappa shape index (κ2) is 12.9. The molecule has 0 aliphatic carbocycles. The highest BCUT2D eigenvalue weighted by molar-refractivity contribution is 5.71. The summed E-state index contributed by atoms with van der Waals surface area (Å²) in [6.45, 7) is 5.16. The fourth-order valence-electron chi connectivity index (χ4n) is 0.914. The van der Waals surface area contributed by atoms with E-state index in [0.29, 0.717) is 39.6 Å². The van der Waals surface area contributed by atoms with E-state index in [1.807, 2.05) is 6.92 Å². The minimum Gasteiger partial charge on any atom is -0.462 e. The Morgan fingerprint density at radius 2 is 1.53 bits per heavy atom. The first-order chi connectivity index (χ1) is 8.31. The molecule has 0 rings (SSSR count). The summed E-state index contributed by atoms with van der Waals surface area (Å²) in [7, 11) is 0. The topological polar surface area (TPSA) is 77.8 Å². The number of hydrogen-bond acceptors (Lipinski definition) is 6. The van der Waals surface area contributed by atoms with E-state index >= 15 is 0 Å². The van der Waals surface area contributed by atoms with Gasteiger partial charge >= 0.3 is 5.97 Å². The van der Waals surface area contributed by atoms with Crippen LogP contribution in [0.3, 0.4) is 0 Å². The molecular formula is C11H19NO5. The lowest BCUT2D eigenvalue weighted by Gasteiger charge is -2.06. The largest absolute Gasteiger partial charge is 0.462 e. The van der Waals surface area contributed by atoms with Crippen molar-refractivity contribution in [1.29, 1.82) is 5.26 Å². The predicted octanol–water partition coefficient (Wildman–Crippen LogP) is 0.513. The number of ether oxygens (including phenoxy) is 4. The van der Waals surface area contributed by atoms with Gasteiger partial charge in [0.1, 0.15) is 13.0 Å². The molecular weight excluding hydrogens is 226 g/mol. The van der Waals surface area contributed by atoms with Gasteiger partial charge in [0.2, 0.25) is 0 Å². The minimum atomic E-state index is -0.524. The molecule has 0 amide bonds. The fraction of sp³-hybridized carbons (Fsp3) is 0.818. The van der Waals surface area contributed by atoms with Crippen LogP contribution in [-0.2, 0) is 23.7 Å². The predicted molar refractivity (Wildman–Crippen MR) is 59.3 cm³/mol. The van der Waals surface area contributed by atoms with Crippen molar-refractivity contribution < 1.29 is 23.7 Å². The first-order valence-electron chi connectivity index (χ1n) is 5.57. The van der Waals surface area contributed by atoms with Gasteiger partial charge in [-0.3, -0.25) is 4.79 Å². The fourth-order valence-corrected chi connectivity index (χ4v) is 0.914. The number of nitriles is 1. The number of nitrogens with zero attached hydrogens (tertiary/aromatic N) is 1. The first kappa shape index (κ1) is 15.8. The Hall–Kier alpha value is -1.16. The zero-order chi connectivity index (χ0) is 12.8. The van der Waals surface area contributed by atoms with Crippen molar-refractivity contribution in [3.05, 3.63) is 0 Å². The molecule has 0 spiro atoms. The second-order valence-corrected chi connectivity index (χ2v) is 2.98. The van der Waals surface area contributed by atoms with Crippen LogP contribution in [0.2, 0.25) is 0 Å². The molecule has 0 radical (unpaired) electrons. The Balaban J connectivity index is 3.04. The molecule has 6 heteroatoms. The highest BCUT2D eigenvalue weighted by atomic mass is 16.6. The molecule has 0 aromatic carbocycles. The van der Waals surface area contributed by atoms with E-state index in [1.165, 1.54) is 0 Å². The van der Waals surface area contributed by atoms with Gasteiger partial charge in [0.15, 0.2) is 0 Å². The zero-order valence-electron chi connectivity index (χ0n) is 10.1. The Labute approximate surface area is 101 Å². The Kier molecular flexibility index (Phi) is 12.0. The summed E-state index contributed by atoms with van der Waals surface area (Å²) in [4.78, 5) is 10.7. The normalized spacial score (nSPS) is 9.88. The number of carbonyl (C=O) groups is 1. The third kappa shape index (κ3) is 12.8. The minimum absolute atomic E-state index is 0.166. The van der Waals surface area contributed by atoms with Crippen molar-refractivity contribution in [2.75, 3.05) is 46.2 Å². The van der Waals surface area contributed by atoms with Crippen LogP contribution in [-0.4, -0.2) is 52.2 Å². The van der Waals surface area contributed by atoms with E-state index in [9.17, 15) is 4.79 Å². The second-order valence-electron chi connectivity index (χ2n) is 2.98. The molecule has 0 saturated carbocycles. The molecule has 0 atom stereocenters. The van der Waals surface area contributed by atoms with Crippen LogP contribution in [0, 0.1) is 11.3 Å². The van der Waals surface area contributed by atoms with Crippen molar-refractivity contribution in [3.8, 4) is 6.07 Å². The Bertz CT molecular complexity index is 226. The molecule has 0 fully saturated rings. The lowest BCUT2D eigenvalue weighted by molar-refractivity contribution is -0.144. The van der Waals surface area contributed by atoms with Crippen molar-refractivity contribution >= 4 is 5.97 Å². The molecule has 0 saturated heterocycles. The van der Waals surface area contributed by atoms with E-state index in [0.717, 1.165) is 0 Å². The average Bonchev–Trinajstić information content (AvgIpc) is 2.32. The number of carbonyl (C=O) groups excluding carboxylic acids is 1. The van der Waals surface area contributed by atoms with Crippen molar-refractivity contribution in [2.24, 2.45) is 0 Å². The van der Waals surface area contributed by atoms with E-state index < -0.39 is 5.97 Å². The van der Waals surface area contributed by atoms with Gasteiger partial charge in [-0.1, -0.05) is 0 Å². The highest BCUT2D eigenvalue weighted by Gasteiger charge is 1.99. The lowest BCUT2D eigenvalue weighted by Crippen LogP contribution is -2.13. The standard InChI is InChI=1S/C11H19NO5/c1-2-14-5-6-15-7-8-16-9-10-17-11(13)3-4-12/h2-3,5-10H2,1H3. The monoisotopic (exact) mass is 245 g/mol. The number of rotatable bonds is 11. The third-order valence-electron chi connectivity index (χ3n) is 1.66. The maximum Gasteiger partial charge on any atom is 0.320 e. The summed E-state index contributed by atoms with van der Waals surface area (Å²) in [5.74, 6) is -0.524. The molecule has 6 nitrogen and oxygen atoms in total. The van der Waals surface area contributed by atoms with Crippen LogP contribution >= 0.6 is 0 Å². The molecule has 0 bridgehead atoms. The molecule has 0 aromatic heterocycles. The number of esters is 1. The van der Waals surface area contributed by atoms with Gasteiger partial charge in [-0.05, 0) is 6.92 Å². The van der Waals surface area contributed by atoms with Crippen LogP contribution in [0.4, 0.5) is 0 Å². The average molecular weight is 245 g/mol. The molecule has 98 valence electrons. The molecule has 17 heavy (non-hydrogen) atoms. The number of hydrogen-bond donors (Lipinski definition) is 0. The summed E-state index contributed by atoms with van der Waals surface area (Å²) in [6.07, 6.45) is -0.222. The van der Waals surface area contributed by atoms with Crippen LogP contribution in [0.25, 0.3) is 0 Å². The third-order valence-corrected chi connectivity index (χ3v) is 1.66. The van der Waals surface area contributed by atoms with Crippen molar-refractivity contribution in [3.63, 3.8) is 0 Å². The van der Waals surface area contributed by atoms with E-state index in [1.54, 1.807) is 6.07 Å². The van der Waals surface area contributed by atoms with Gasteiger partial charge in [0.25, 0.3) is 0 Å². The summed E-state index contributed by atoms with van der Waals surface area (Å²) in [5, 5.41) is 8.19. The van der Waals surface area contributed by atoms with Gasteiger partial charge in [0, 0.05) is 6.61 Å². The summed E-state index contributed by atoms with van der Waals surface area (Å²) in [5.41, 5.74) is 0. The zero-order valence-corrected chi connectivity index (χ0v) is 10.1. The molecule has 0 heterocycles. The first-order valence-corrected chi connectivity index (χ1v) is 5.57.